The van der Waals surface area contributed by atoms with E-state index >= 15 is 0 Å². The van der Waals surface area contributed by atoms with Gasteiger partial charge in [-0.1, -0.05) is 44.2 Å². The second-order valence-electron chi connectivity index (χ2n) is 9.81. The summed E-state index contributed by atoms with van der Waals surface area (Å²) in [5.74, 6) is -2.07. The van der Waals surface area contributed by atoms with Gasteiger partial charge in [-0.15, -0.1) is 0 Å². The van der Waals surface area contributed by atoms with E-state index in [0.29, 0.717) is 19.5 Å². The van der Waals surface area contributed by atoms with Gasteiger partial charge < -0.3 is 25.4 Å². The fraction of sp³-hybridized carbons (Fsp3) is 0.593. The molecule has 0 bridgehead atoms. The summed E-state index contributed by atoms with van der Waals surface area (Å²) in [6, 6.07) is 6.53. The van der Waals surface area contributed by atoms with E-state index in [1.807, 2.05) is 19.9 Å². The number of likely N-dealkylation sites (tertiary alicyclic amines) is 1. The maximum atomic E-state index is 13.0. The van der Waals surface area contributed by atoms with Gasteiger partial charge in [0.2, 0.25) is 11.8 Å². The number of rotatable bonds is 14. The van der Waals surface area contributed by atoms with E-state index in [2.05, 4.69) is 10.6 Å². The largest absolute Gasteiger partial charge is 0.480 e. The summed E-state index contributed by atoms with van der Waals surface area (Å²) in [6.45, 7) is 5.10. The van der Waals surface area contributed by atoms with Crippen LogP contribution < -0.4 is 10.6 Å². The number of amides is 3. The summed E-state index contributed by atoms with van der Waals surface area (Å²) in [6.07, 6.45) is 2.35. The topological polar surface area (TPSA) is 142 Å². The number of hydrogen-bond donors (Lipinski definition) is 3. The van der Waals surface area contributed by atoms with E-state index in [-0.39, 0.29) is 49.9 Å². The molecule has 1 aromatic rings. The Labute approximate surface area is 218 Å². The van der Waals surface area contributed by atoms with Gasteiger partial charge in [0.15, 0.2) is 0 Å². The molecule has 2 atom stereocenters. The molecule has 1 fully saturated rings. The first-order valence-corrected chi connectivity index (χ1v) is 13.0. The van der Waals surface area contributed by atoms with Crippen molar-refractivity contribution in [2.45, 2.75) is 83.9 Å². The van der Waals surface area contributed by atoms with Gasteiger partial charge in [0.05, 0.1) is 0 Å². The van der Waals surface area contributed by atoms with E-state index in [0.717, 1.165) is 24.8 Å². The van der Waals surface area contributed by atoms with Crippen LogP contribution >= 0.6 is 0 Å². The number of nitrogens with one attached hydrogen (secondary N) is 2. The van der Waals surface area contributed by atoms with E-state index in [4.69, 9.17) is 4.74 Å². The first-order chi connectivity index (χ1) is 17.7. The predicted octanol–water partition coefficient (Wildman–Crippen LogP) is 3.04. The monoisotopic (exact) mass is 517 g/mol. The normalized spacial score (nSPS) is 14.9. The highest BCUT2D eigenvalue weighted by atomic mass is 16.5. The Balaban J connectivity index is 2.01. The molecule has 0 aromatic heterocycles. The van der Waals surface area contributed by atoms with Crippen molar-refractivity contribution in [1.82, 2.24) is 15.5 Å². The minimum atomic E-state index is -1.30. The van der Waals surface area contributed by atoms with Gasteiger partial charge >= 0.3 is 12.1 Å². The number of benzene rings is 1. The third-order valence-corrected chi connectivity index (χ3v) is 6.14. The highest BCUT2D eigenvalue weighted by Gasteiger charge is 2.29. The number of alkyl carbamates (subject to hydrolysis) is 1. The van der Waals surface area contributed by atoms with Gasteiger partial charge in [-0.25, -0.2) is 9.59 Å². The van der Waals surface area contributed by atoms with E-state index in [1.165, 1.54) is 0 Å². The van der Waals surface area contributed by atoms with Gasteiger partial charge in [-0.05, 0) is 43.6 Å². The molecule has 10 heteroatoms. The number of Topliss-reactive ketones (excluding diaryl/α,β-unsaturated/α-hetero) is 1. The number of aliphatic carboxylic acids is 1. The van der Waals surface area contributed by atoms with Crippen LogP contribution in [0.15, 0.2) is 30.3 Å². The Bertz CT molecular complexity index is 914. The number of ketones is 1. The van der Waals surface area contributed by atoms with Crippen LogP contribution in [0, 0.1) is 5.92 Å². The summed E-state index contributed by atoms with van der Waals surface area (Å²) in [5.41, 5.74) is 0.760. The number of carboxylic acids is 1. The molecule has 1 heterocycles. The maximum absolute atomic E-state index is 13.0. The van der Waals surface area contributed by atoms with Crippen LogP contribution in [0.1, 0.15) is 70.8 Å². The van der Waals surface area contributed by atoms with Crippen LogP contribution in [0.3, 0.4) is 0 Å². The molecule has 1 aromatic carbocycles. The second kappa shape index (κ2) is 15.6. The van der Waals surface area contributed by atoms with Crippen LogP contribution in [-0.2, 0) is 30.5 Å². The molecule has 2 rings (SSSR count). The lowest BCUT2D eigenvalue weighted by Crippen LogP contribution is -2.52. The Hall–Kier alpha value is -3.43. The molecule has 37 heavy (non-hydrogen) atoms. The number of hydrogen-bond acceptors (Lipinski definition) is 6. The summed E-state index contributed by atoms with van der Waals surface area (Å²) in [5, 5.41) is 14.5. The minimum Gasteiger partial charge on any atom is -0.480 e. The third kappa shape index (κ3) is 11.4. The quantitative estimate of drug-likeness (QED) is 0.344. The van der Waals surface area contributed by atoms with Crippen molar-refractivity contribution in [2.24, 2.45) is 5.92 Å². The van der Waals surface area contributed by atoms with Gasteiger partial charge in [-0.2, -0.15) is 0 Å². The van der Waals surface area contributed by atoms with Crippen molar-refractivity contribution in [3.05, 3.63) is 35.9 Å². The van der Waals surface area contributed by atoms with Crippen molar-refractivity contribution in [3.63, 3.8) is 0 Å². The average molecular weight is 518 g/mol. The molecule has 1 aliphatic rings. The van der Waals surface area contributed by atoms with E-state index in [9.17, 15) is 29.1 Å². The standard InChI is InChI=1S/C27H39N3O7/c1-19(2)17-21(31)11-12-23(26(34)35)28-25(33)22(13-14-24(32)30-15-7-4-8-16-30)29-27(36)37-18-20-9-5-3-6-10-20/h3,5-6,9-10,19,22-23H,4,7-8,11-18H2,1-2H3,(H,28,33)(H,29,36)(H,34,35). The molecule has 0 aliphatic carbocycles. The van der Waals surface area contributed by atoms with Crippen LogP contribution in [0.4, 0.5) is 4.79 Å². The van der Waals surface area contributed by atoms with Gasteiger partial charge in [-0.3, -0.25) is 14.4 Å². The molecule has 204 valence electrons. The Kier molecular flexibility index (Phi) is 12.6. The van der Waals surface area contributed by atoms with Crippen molar-refractivity contribution >= 4 is 29.7 Å². The maximum Gasteiger partial charge on any atom is 0.408 e. The molecule has 10 nitrogen and oxygen atoms in total. The van der Waals surface area contributed by atoms with Crippen molar-refractivity contribution < 1.29 is 33.8 Å². The SMILES string of the molecule is CC(C)CC(=O)CCC(NC(=O)C(CCC(=O)N1CCCCC1)NC(=O)OCc1ccccc1)C(=O)O. The minimum absolute atomic E-state index is 0.0105. The van der Waals surface area contributed by atoms with E-state index < -0.39 is 30.1 Å². The number of carbonyl (C=O) groups is 5. The average Bonchev–Trinajstić information content (AvgIpc) is 2.87. The summed E-state index contributed by atoms with van der Waals surface area (Å²) in [4.78, 5) is 63.6. The fourth-order valence-corrected chi connectivity index (χ4v) is 4.14. The second-order valence-corrected chi connectivity index (χ2v) is 9.81. The number of carbonyl (C=O) groups excluding carboxylic acids is 4. The third-order valence-electron chi connectivity index (χ3n) is 6.14. The molecular weight excluding hydrogens is 478 g/mol. The Morgan fingerprint density at radius 2 is 1.57 bits per heavy atom. The number of piperidine rings is 1. The number of carboxylic acid groups (broad SMARTS) is 1. The van der Waals surface area contributed by atoms with Crippen LogP contribution in [0.5, 0.6) is 0 Å². The lowest BCUT2D eigenvalue weighted by Gasteiger charge is -2.27. The predicted molar refractivity (Wildman–Crippen MR) is 136 cm³/mol. The van der Waals surface area contributed by atoms with E-state index in [1.54, 1.807) is 29.2 Å². The molecule has 1 saturated heterocycles. The number of nitrogens with zero attached hydrogens (tertiary/aromatic N) is 1. The molecular formula is C27H39N3O7. The summed E-state index contributed by atoms with van der Waals surface area (Å²) in [7, 11) is 0. The zero-order valence-corrected chi connectivity index (χ0v) is 21.7. The van der Waals surface area contributed by atoms with Crippen LogP contribution in [0.25, 0.3) is 0 Å². The smallest absolute Gasteiger partial charge is 0.408 e. The Morgan fingerprint density at radius 3 is 2.19 bits per heavy atom. The molecule has 3 N–H and O–H groups in total. The van der Waals surface area contributed by atoms with Crippen molar-refractivity contribution in [1.29, 1.82) is 0 Å². The zero-order chi connectivity index (χ0) is 27.2. The highest BCUT2D eigenvalue weighted by Crippen LogP contribution is 2.13. The first kappa shape index (κ1) is 29.8. The van der Waals surface area contributed by atoms with Gasteiger partial charge in [0.1, 0.15) is 24.5 Å². The zero-order valence-electron chi connectivity index (χ0n) is 21.7. The fourth-order valence-electron chi connectivity index (χ4n) is 4.14. The van der Waals surface area contributed by atoms with Gasteiger partial charge in [0.25, 0.3) is 0 Å². The van der Waals surface area contributed by atoms with Crippen molar-refractivity contribution in [2.75, 3.05) is 13.1 Å². The molecule has 3 amide bonds. The number of ether oxygens (including phenoxy) is 1. The molecule has 0 spiro atoms. The summed E-state index contributed by atoms with van der Waals surface area (Å²) < 4.78 is 5.21. The van der Waals surface area contributed by atoms with Crippen LogP contribution in [-0.4, -0.2) is 64.8 Å². The van der Waals surface area contributed by atoms with Crippen LogP contribution in [0.2, 0.25) is 0 Å². The lowest BCUT2D eigenvalue weighted by molar-refractivity contribution is -0.142. The first-order valence-electron chi connectivity index (χ1n) is 13.0. The Morgan fingerprint density at radius 1 is 0.919 bits per heavy atom. The molecule has 0 radical (unpaired) electrons. The lowest BCUT2D eigenvalue weighted by atomic mass is 10.0. The molecule has 1 aliphatic heterocycles. The highest BCUT2D eigenvalue weighted by molar-refractivity contribution is 5.90. The molecule has 2 unspecified atom stereocenters. The summed E-state index contributed by atoms with van der Waals surface area (Å²) >= 11 is 0. The molecule has 0 saturated carbocycles. The van der Waals surface area contributed by atoms with Crippen molar-refractivity contribution in [3.8, 4) is 0 Å². The van der Waals surface area contributed by atoms with Gasteiger partial charge in [0, 0.05) is 32.4 Å².